The average Bonchev–Trinajstić information content (AvgIpc) is 3.48. The molecule has 0 bridgehead atoms. The maximum absolute atomic E-state index is 13.0. The molecular formula is C28H23N3O5. The number of carbonyl (C=O) groups excluding carboxylic acids is 1. The van der Waals surface area contributed by atoms with Crippen molar-refractivity contribution in [3.63, 3.8) is 0 Å². The summed E-state index contributed by atoms with van der Waals surface area (Å²) in [7, 11) is 0. The molecule has 0 atom stereocenters. The summed E-state index contributed by atoms with van der Waals surface area (Å²) < 4.78 is 11.8. The summed E-state index contributed by atoms with van der Waals surface area (Å²) in [4.78, 5) is 28.6. The van der Waals surface area contributed by atoms with E-state index >= 15 is 0 Å². The fourth-order valence-corrected chi connectivity index (χ4v) is 4.28. The molecule has 0 aliphatic heterocycles. The van der Waals surface area contributed by atoms with Gasteiger partial charge in [-0.15, -0.1) is 0 Å². The van der Waals surface area contributed by atoms with Gasteiger partial charge in [0.05, 0.1) is 10.5 Å². The Hall–Kier alpha value is -4.72. The van der Waals surface area contributed by atoms with Gasteiger partial charge in [-0.25, -0.2) is 4.98 Å². The Morgan fingerprint density at radius 2 is 1.72 bits per heavy atom. The molecule has 1 amide bonds. The lowest BCUT2D eigenvalue weighted by atomic mass is 10.1. The third-order valence-corrected chi connectivity index (χ3v) is 6.08. The molecule has 1 N–H and O–H groups in total. The largest absolute Gasteiger partial charge is 0.451 e. The molecule has 0 fully saturated rings. The second-order valence-corrected chi connectivity index (χ2v) is 8.82. The van der Waals surface area contributed by atoms with Gasteiger partial charge in [0, 0.05) is 17.3 Å². The van der Waals surface area contributed by atoms with Crippen LogP contribution in [0.2, 0.25) is 0 Å². The van der Waals surface area contributed by atoms with Gasteiger partial charge < -0.3 is 14.2 Å². The molecule has 0 saturated carbocycles. The summed E-state index contributed by atoms with van der Waals surface area (Å²) in [5.74, 6) is 0.284. The van der Waals surface area contributed by atoms with E-state index in [4.69, 9.17) is 8.83 Å². The van der Waals surface area contributed by atoms with Crippen molar-refractivity contribution in [2.75, 3.05) is 5.32 Å². The highest BCUT2D eigenvalue weighted by Gasteiger charge is 2.21. The summed E-state index contributed by atoms with van der Waals surface area (Å²) in [6.45, 7) is 7.65. The second-order valence-electron chi connectivity index (χ2n) is 8.82. The Kier molecular flexibility index (Phi) is 5.64. The van der Waals surface area contributed by atoms with Crippen LogP contribution in [0.1, 0.15) is 32.8 Å². The van der Waals surface area contributed by atoms with Crippen molar-refractivity contribution < 1.29 is 18.6 Å². The van der Waals surface area contributed by atoms with E-state index in [1.54, 1.807) is 31.2 Å². The van der Waals surface area contributed by atoms with E-state index in [0.29, 0.717) is 17.1 Å². The number of nitrogens with zero attached hydrogens (tertiary/aromatic N) is 2. The number of carbonyl (C=O) groups is 1. The minimum atomic E-state index is -0.472. The van der Waals surface area contributed by atoms with E-state index < -0.39 is 10.8 Å². The van der Waals surface area contributed by atoms with Crippen molar-refractivity contribution in [1.29, 1.82) is 0 Å². The van der Waals surface area contributed by atoms with E-state index in [1.165, 1.54) is 12.1 Å². The first kappa shape index (κ1) is 23.0. The van der Waals surface area contributed by atoms with Gasteiger partial charge in [0.25, 0.3) is 11.6 Å². The number of nitro groups is 1. The maximum Gasteiger partial charge on any atom is 0.291 e. The molecule has 0 aliphatic carbocycles. The molecule has 0 unspecified atom stereocenters. The molecule has 8 heteroatoms. The number of hydrogen-bond donors (Lipinski definition) is 1. The van der Waals surface area contributed by atoms with Crippen LogP contribution in [0, 0.1) is 37.8 Å². The van der Waals surface area contributed by atoms with Crippen molar-refractivity contribution in [2.24, 2.45) is 0 Å². The van der Waals surface area contributed by atoms with Crippen molar-refractivity contribution >= 4 is 28.4 Å². The van der Waals surface area contributed by atoms with Crippen LogP contribution in [0.5, 0.6) is 0 Å². The second kappa shape index (κ2) is 8.81. The Labute approximate surface area is 206 Å². The Morgan fingerprint density at radius 1 is 0.917 bits per heavy atom. The van der Waals surface area contributed by atoms with Gasteiger partial charge in [-0.05, 0) is 86.3 Å². The summed E-state index contributed by atoms with van der Waals surface area (Å²) in [6.07, 6.45) is 0. The van der Waals surface area contributed by atoms with Crippen molar-refractivity contribution in [1.82, 2.24) is 4.98 Å². The molecule has 2 aromatic heterocycles. The van der Waals surface area contributed by atoms with Crippen LogP contribution in [0.3, 0.4) is 0 Å². The first-order valence-corrected chi connectivity index (χ1v) is 11.4. The van der Waals surface area contributed by atoms with Crippen LogP contribution in [0.25, 0.3) is 33.9 Å². The molecule has 0 spiro atoms. The number of hydrogen-bond acceptors (Lipinski definition) is 6. The molecule has 0 radical (unpaired) electrons. The normalized spacial score (nSPS) is 11.1. The SMILES string of the molecule is Cc1ccc(-c2ccc(C(=O)Nc3cccc(-c4nc5cc(C)cc(C)c5o4)c3C)o2)c([N+](=O)[O-])c1. The number of benzene rings is 3. The van der Waals surface area contributed by atoms with Crippen LogP contribution in [0.4, 0.5) is 11.4 Å². The summed E-state index contributed by atoms with van der Waals surface area (Å²) in [5, 5.41) is 14.3. The highest BCUT2D eigenvalue weighted by atomic mass is 16.6. The van der Waals surface area contributed by atoms with Crippen molar-refractivity contribution in [2.45, 2.75) is 27.7 Å². The predicted molar refractivity (Wildman–Crippen MR) is 137 cm³/mol. The molecule has 5 aromatic rings. The smallest absolute Gasteiger partial charge is 0.291 e. The minimum Gasteiger partial charge on any atom is -0.451 e. The summed E-state index contributed by atoms with van der Waals surface area (Å²) in [5.41, 5.74) is 6.74. The van der Waals surface area contributed by atoms with Crippen LogP contribution in [-0.2, 0) is 0 Å². The number of fused-ring (bicyclic) bond motifs is 1. The number of anilines is 1. The summed E-state index contributed by atoms with van der Waals surface area (Å²) >= 11 is 0. The number of nitro benzene ring substituents is 1. The van der Waals surface area contributed by atoms with Crippen molar-refractivity contribution in [3.8, 4) is 22.8 Å². The Balaban J connectivity index is 1.44. The van der Waals surface area contributed by atoms with Gasteiger partial charge in [-0.3, -0.25) is 14.9 Å². The number of aromatic nitrogens is 1. The third-order valence-electron chi connectivity index (χ3n) is 6.08. The van der Waals surface area contributed by atoms with Gasteiger partial charge in [0.2, 0.25) is 5.89 Å². The Morgan fingerprint density at radius 3 is 2.50 bits per heavy atom. The minimum absolute atomic E-state index is 0.0395. The van der Waals surface area contributed by atoms with Gasteiger partial charge in [-0.2, -0.15) is 0 Å². The number of nitrogens with one attached hydrogen (secondary N) is 1. The van der Waals surface area contributed by atoms with Crippen LogP contribution >= 0.6 is 0 Å². The molecule has 2 heterocycles. The zero-order valence-electron chi connectivity index (χ0n) is 20.2. The highest BCUT2D eigenvalue weighted by molar-refractivity contribution is 6.03. The van der Waals surface area contributed by atoms with E-state index in [2.05, 4.69) is 10.3 Å². The van der Waals surface area contributed by atoms with Gasteiger partial charge in [-0.1, -0.05) is 18.2 Å². The number of furan rings is 1. The molecule has 36 heavy (non-hydrogen) atoms. The molecule has 5 rings (SSSR count). The van der Waals surface area contributed by atoms with E-state index in [1.807, 2.05) is 45.0 Å². The number of oxazole rings is 1. The van der Waals surface area contributed by atoms with Gasteiger partial charge >= 0.3 is 0 Å². The van der Waals surface area contributed by atoms with Crippen LogP contribution in [-0.4, -0.2) is 15.8 Å². The fourth-order valence-electron chi connectivity index (χ4n) is 4.28. The third kappa shape index (κ3) is 4.13. The monoisotopic (exact) mass is 481 g/mol. The quantitative estimate of drug-likeness (QED) is 0.211. The first-order valence-electron chi connectivity index (χ1n) is 11.4. The van der Waals surface area contributed by atoms with Crippen LogP contribution < -0.4 is 5.32 Å². The average molecular weight is 482 g/mol. The van der Waals surface area contributed by atoms with Gasteiger partial charge in [0.1, 0.15) is 11.3 Å². The standard InChI is InChI=1S/C28H23N3O5/c1-15-8-9-20(23(14-15)31(33)34)24-10-11-25(35-24)27(32)29-21-7-5-6-19(18(21)4)28-30-22-13-16(2)12-17(3)26(22)36-28/h5-14H,1-4H3,(H,29,32). The van der Waals surface area contributed by atoms with Crippen molar-refractivity contribution in [3.05, 3.63) is 98.8 Å². The molecule has 0 aliphatic rings. The highest BCUT2D eigenvalue weighted by Crippen LogP contribution is 2.34. The maximum atomic E-state index is 13.0. The zero-order chi connectivity index (χ0) is 25.6. The molecule has 8 nitrogen and oxygen atoms in total. The lowest BCUT2D eigenvalue weighted by molar-refractivity contribution is -0.384. The van der Waals surface area contributed by atoms with E-state index in [-0.39, 0.29) is 17.2 Å². The number of amides is 1. The van der Waals surface area contributed by atoms with E-state index in [0.717, 1.165) is 38.9 Å². The van der Waals surface area contributed by atoms with Gasteiger partial charge in [0.15, 0.2) is 11.3 Å². The predicted octanol–water partition coefficient (Wildman–Crippen LogP) is 7.15. The number of aryl methyl sites for hydroxylation is 3. The topological polar surface area (TPSA) is 111 Å². The lowest BCUT2D eigenvalue weighted by Gasteiger charge is -2.10. The molecule has 3 aromatic carbocycles. The lowest BCUT2D eigenvalue weighted by Crippen LogP contribution is -2.12. The molecular weight excluding hydrogens is 458 g/mol. The molecule has 0 saturated heterocycles. The van der Waals surface area contributed by atoms with E-state index in [9.17, 15) is 14.9 Å². The zero-order valence-corrected chi connectivity index (χ0v) is 20.2. The van der Waals surface area contributed by atoms with Crippen LogP contribution in [0.15, 0.2) is 69.5 Å². The number of rotatable bonds is 5. The Bertz CT molecular complexity index is 1660. The molecule has 180 valence electrons. The first-order chi connectivity index (χ1) is 17.2. The fraction of sp³-hybridized carbons (Fsp3) is 0.143. The summed E-state index contributed by atoms with van der Waals surface area (Å²) in [6, 6.07) is 17.4.